The molecule has 19 heavy (non-hydrogen) atoms. The molecule has 1 aliphatic heterocycles. The van der Waals surface area contributed by atoms with E-state index in [0.717, 1.165) is 25.0 Å². The third-order valence-corrected chi connectivity index (χ3v) is 4.13. The van der Waals surface area contributed by atoms with Crippen LogP contribution in [0.3, 0.4) is 0 Å². The summed E-state index contributed by atoms with van der Waals surface area (Å²) in [4.78, 5) is 12.2. The fourth-order valence-electron chi connectivity index (χ4n) is 2.80. The fraction of sp³-hybridized carbons (Fsp3) is 0.733. The van der Waals surface area contributed by atoms with Gasteiger partial charge in [0.2, 0.25) is 0 Å². The lowest BCUT2D eigenvalue weighted by molar-refractivity contribution is -0.123. The van der Waals surface area contributed by atoms with Gasteiger partial charge in [-0.25, -0.2) is 0 Å². The minimum atomic E-state index is 0.0540. The van der Waals surface area contributed by atoms with Gasteiger partial charge in [-0.2, -0.15) is 5.10 Å². The van der Waals surface area contributed by atoms with E-state index in [1.165, 1.54) is 0 Å². The van der Waals surface area contributed by atoms with Crippen LogP contribution in [0.25, 0.3) is 0 Å². The number of hydrogen-bond donors (Lipinski definition) is 0. The van der Waals surface area contributed by atoms with E-state index in [-0.39, 0.29) is 17.8 Å². The molecule has 0 spiro atoms. The molecule has 0 saturated carbocycles. The van der Waals surface area contributed by atoms with Gasteiger partial charge in [0.05, 0.1) is 24.3 Å². The Hall–Kier alpha value is -1.16. The summed E-state index contributed by atoms with van der Waals surface area (Å²) in [5, 5.41) is 4.54. The lowest BCUT2D eigenvalue weighted by atomic mass is 9.94. The number of aromatic nitrogens is 2. The van der Waals surface area contributed by atoms with Crippen molar-refractivity contribution in [2.75, 3.05) is 6.61 Å². The molecule has 4 nitrogen and oxygen atoms in total. The summed E-state index contributed by atoms with van der Waals surface area (Å²) in [7, 11) is 0. The van der Waals surface area contributed by atoms with Gasteiger partial charge in [-0.3, -0.25) is 9.48 Å². The molecule has 2 unspecified atom stereocenters. The molecule has 1 aromatic heterocycles. The smallest absolute Gasteiger partial charge is 0.144 e. The maximum atomic E-state index is 12.2. The Balaban J connectivity index is 1.98. The average Bonchev–Trinajstić information content (AvgIpc) is 3.00. The summed E-state index contributed by atoms with van der Waals surface area (Å²) in [5.74, 6) is 0.318. The van der Waals surface area contributed by atoms with Crippen molar-refractivity contribution in [1.29, 1.82) is 0 Å². The van der Waals surface area contributed by atoms with Gasteiger partial charge in [0.1, 0.15) is 5.78 Å². The summed E-state index contributed by atoms with van der Waals surface area (Å²) in [6, 6.07) is 2.41. The number of hydrogen-bond acceptors (Lipinski definition) is 3. The Morgan fingerprint density at radius 2 is 2.26 bits per heavy atom. The Kier molecular flexibility index (Phi) is 4.75. The molecule has 0 aliphatic carbocycles. The molecule has 2 rings (SSSR count). The van der Waals surface area contributed by atoms with Crippen LogP contribution in [0.1, 0.15) is 51.8 Å². The number of ketones is 1. The summed E-state index contributed by atoms with van der Waals surface area (Å²) < 4.78 is 7.45. The quantitative estimate of drug-likeness (QED) is 0.793. The van der Waals surface area contributed by atoms with Crippen molar-refractivity contribution in [3.05, 3.63) is 18.0 Å². The van der Waals surface area contributed by atoms with Crippen LogP contribution >= 0.6 is 0 Å². The van der Waals surface area contributed by atoms with E-state index in [1.807, 2.05) is 23.9 Å². The molecular weight excluding hydrogens is 240 g/mol. The number of ether oxygens (including phenoxy) is 1. The number of Topliss-reactive ketones (excluding diaryl/α,β-unsaturated/α-hetero) is 1. The van der Waals surface area contributed by atoms with Crippen LogP contribution in [-0.4, -0.2) is 28.3 Å². The molecule has 1 fully saturated rings. The van der Waals surface area contributed by atoms with Crippen LogP contribution in [0.5, 0.6) is 0 Å². The van der Waals surface area contributed by atoms with E-state index in [0.29, 0.717) is 19.1 Å². The highest BCUT2D eigenvalue weighted by Crippen LogP contribution is 2.23. The highest BCUT2D eigenvalue weighted by Gasteiger charge is 2.30. The van der Waals surface area contributed by atoms with Crippen molar-refractivity contribution < 1.29 is 9.53 Å². The molecule has 0 bridgehead atoms. The largest absolute Gasteiger partial charge is 0.378 e. The first-order valence-electron chi connectivity index (χ1n) is 7.34. The average molecular weight is 264 g/mol. The first-order chi connectivity index (χ1) is 9.15. The maximum absolute atomic E-state index is 12.2. The third-order valence-electron chi connectivity index (χ3n) is 4.13. The number of carbonyl (C=O) groups is 1. The maximum Gasteiger partial charge on any atom is 0.144 e. The Labute approximate surface area is 115 Å². The first kappa shape index (κ1) is 14.3. The minimum absolute atomic E-state index is 0.0540. The molecule has 0 aromatic carbocycles. The predicted octanol–water partition coefficient (Wildman–Crippen LogP) is 2.78. The molecule has 2 heterocycles. The highest BCUT2D eigenvalue weighted by atomic mass is 16.5. The highest BCUT2D eigenvalue weighted by molar-refractivity contribution is 5.83. The van der Waals surface area contributed by atoms with Crippen LogP contribution in [0.4, 0.5) is 0 Å². The Morgan fingerprint density at radius 1 is 1.53 bits per heavy atom. The molecule has 2 atom stereocenters. The van der Waals surface area contributed by atoms with Crippen LogP contribution < -0.4 is 0 Å². The normalized spacial score (nSPS) is 23.2. The van der Waals surface area contributed by atoms with Gasteiger partial charge in [0.25, 0.3) is 0 Å². The van der Waals surface area contributed by atoms with E-state index in [4.69, 9.17) is 4.74 Å². The van der Waals surface area contributed by atoms with E-state index < -0.39 is 0 Å². The van der Waals surface area contributed by atoms with Crippen molar-refractivity contribution in [3.8, 4) is 0 Å². The second-order valence-corrected chi connectivity index (χ2v) is 5.37. The molecule has 4 heteroatoms. The zero-order valence-electron chi connectivity index (χ0n) is 12.1. The molecular formula is C15H24N2O2. The van der Waals surface area contributed by atoms with Crippen molar-refractivity contribution in [3.63, 3.8) is 0 Å². The molecule has 0 N–H and O–H groups in total. The van der Waals surface area contributed by atoms with E-state index in [2.05, 4.69) is 18.9 Å². The van der Waals surface area contributed by atoms with Crippen molar-refractivity contribution in [1.82, 2.24) is 9.78 Å². The van der Waals surface area contributed by atoms with E-state index in [9.17, 15) is 4.79 Å². The summed E-state index contributed by atoms with van der Waals surface area (Å²) in [6.07, 6.45) is 5.49. The van der Waals surface area contributed by atoms with Crippen LogP contribution in [-0.2, 0) is 16.0 Å². The SMILES string of the molecule is CCC(CC)n1ccc(CC(=O)C2CCOC2C)n1. The first-order valence-corrected chi connectivity index (χ1v) is 7.34. The van der Waals surface area contributed by atoms with Gasteiger partial charge < -0.3 is 4.74 Å². The van der Waals surface area contributed by atoms with E-state index >= 15 is 0 Å². The van der Waals surface area contributed by atoms with Crippen LogP contribution in [0.15, 0.2) is 12.3 Å². The van der Waals surface area contributed by atoms with Crippen LogP contribution in [0, 0.1) is 5.92 Å². The third kappa shape index (κ3) is 3.24. The topological polar surface area (TPSA) is 44.1 Å². The minimum Gasteiger partial charge on any atom is -0.378 e. The van der Waals surface area contributed by atoms with Gasteiger partial charge in [-0.05, 0) is 32.3 Å². The van der Waals surface area contributed by atoms with Gasteiger partial charge in [0.15, 0.2) is 0 Å². The van der Waals surface area contributed by atoms with E-state index in [1.54, 1.807) is 0 Å². The van der Waals surface area contributed by atoms with Crippen molar-refractivity contribution >= 4 is 5.78 Å². The van der Waals surface area contributed by atoms with Crippen LogP contribution in [0.2, 0.25) is 0 Å². The second kappa shape index (κ2) is 6.33. The lowest BCUT2D eigenvalue weighted by Crippen LogP contribution is -2.23. The standard InChI is InChI=1S/C15H24N2O2/c1-4-13(5-2)17-8-6-12(16-17)10-15(18)14-7-9-19-11(14)3/h6,8,11,13-14H,4-5,7,9-10H2,1-3H3. The second-order valence-electron chi connectivity index (χ2n) is 5.37. The van der Waals surface area contributed by atoms with Gasteiger partial charge in [0, 0.05) is 18.7 Å². The zero-order valence-corrected chi connectivity index (χ0v) is 12.1. The van der Waals surface area contributed by atoms with Gasteiger partial charge in [-0.1, -0.05) is 13.8 Å². The number of nitrogens with zero attached hydrogens (tertiary/aromatic N) is 2. The van der Waals surface area contributed by atoms with Crippen molar-refractivity contribution in [2.45, 2.75) is 58.6 Å². The fourth-order valence-corrected chi connectivity index (χ4v) is 2.80. The Morgan fingerprint density at radius 3 is 2.84 bits per heavy atom. The number of rotatable bonds is 6. The van der Waals surface area contributed by atoms with Crippen molar-refractivity contribution in [2.24, 2.45) is 5.92 Å². The predicted molar refractivity (Wildman–Crippen MR) is 74.1 cm³/mol. The Bertz CT molecular complexity index is 424. The molecule has 0 radical (unpaired) electrons. The van der Waals surface area contributed by atoms with Gasteiger partial charge in [-0.15, -0.1) is 0 Å². The molecule has 106 valence electrons. The monoisotopic (exact) mass is 264 g/mol. The summed E-state index contributed by atoms with van der Waals surface area (Å²) in [6.45, 7) is 7.02. The number of carbonyl (C=O) groups excluding carboxylic acids is 1. The lowest BCUT2D eigenvalue weighted by Gasteiger charge is -2.13. The summed E-state index contributed by atoms with van der Waals surface area (Å²) in [5.41, 5.74) is 0.885. The molecule has 1 aliphatic rings. The zero-order chi connectivity index (χ0) is 13.8. The van der Waals surface area contributed by atoms with Gasteiger partial charge >= 0.3 is 0 Å². The summed E-state index contributed by atoms with van der Waals surface area (Å²) >= 11 is 0. The molecule has 0 amide bonds. The molecule has 1 saturated heterocycles. The molecule has 1 aromatic rings.